The summed E-state index contributed by atoms with van der Waals surface area (Å²) < 4.78 is 32.2. The lowest BCUT2D eigenvalue weighted by Crippen LogP contribution is -2.37. The zero-order valence-electron chi connectivity index (χ0n) is 11.4. The van der Waals surface area contributed by atoms with E-state index in [0.29, 0.717) is 25.4 Å². The Morgan fingerprint density at radius 1 is 1.60 bits per heavy atom. The van der Waals surface area contributed by atoms with Gasteiger partial charge in [-0.15, -0.1) is 0 Å². The molecule has 1 fully saturated rings. The third kappa shape index (κ3) is 3.09. The van der Waals surface area contributed by atoms with Crippen molar-refractivity contribution < 1.29 is 13.2 Å². The first kappa shape index (κ1) is 15.2. The average molecular weight is 300 g/mol. The van der Waals surface area contributed by atoms with Crippen LogP contribution in [-0.4, -0.2) is 43.5 Å². The summed E-state index contributed by atoms with van der Waals surface area (Å²) in [7, 11) is -3.63. The Morgan fingerprint density at radius 3 is 3.00 bits per heavy atom. The molecule has 1 saturated heterocycles. The normalized spacial score (nSPS) is 19.4. The number of aromatic nitrogens is 1. The summed E-state index contributed by atoms with van der Waals surface area (Å²) in [5.41, 5.74) is 2.74. The number of sulfonamides is 1. The first-order valence-corrected chi connectivity index (χ1v) is 8.06. The minimum absolute atomic E-state index is 0.0318. The van der Waals surface area contributed by atoms with Crippen molar-refractivity contribution in [1.82, 2.24) is 9.29 Å². The maximum Gasteiger partial charge on any atom is 0.246 e. The summed E-state index contributed by atoms with van der Waals surface area (Å²) in [5, 5.41) is 0. The van der Waals surface area contributed by atoms with E-state index < -0.39 is 10.0 Å². The number of pyridine rings is 1. The lowest BCUT2D eigenvalue weighted by atomic mass is 10.2. The first-order chi connectivity index (χ1) is 9.59. The van der Waals surface area contributed by atoms with Crippen LogP contribution in [0.4, 0.5) is 5.69 Å². The Labute approximate surface area is 119 Å². The van der Waals surface area contributed by atoms with Gasteiger partial charge in [0.25, 0.3) is 0 Å². The number of likely N-dealkylation sites (N-methyl/N-ethyl adjacent to an activating group) is 1. The average Bonchev–Trinajstić information content (AvgIpc) is 2.97. The number of nitrogens with two attached hydrogens (primary N) is 1. The van der Waals surface area contributed by atoms with Gasteiger partial charge < -0.3 is 10.2 Å². The highest BCUT2D eigenvalue weighted by molar-refractivity contribution is 7.89. The van der Waals surface area contributed by atoms with E-state index in [9.17, 15) is 8.42 Å². The second kappa shape index (κ2) is 6.49. The van der Waals surface area contributed by atoms with Gasteiger partial charge in [-0.3, -0.25) is 10.8 Å². The largest absolute Gasteiger partial charge is 0.377 e. The van der Waals surface area contributed by atoms with Crippen molar-refractivity contribution in [3.8, 4) is 0 Å². The highest BCUT2D eigenvalue weighted by atomic mass is 32.2. The van der Waals surface area contributed by atoms with Crippen LogP contribution in [0.1, 0.15) is 19.8 Å². The van der Waals surface area contributed by atoms with Crippen LogP contribution < -0.4 is 11.3 Å². The van der Waals surface area contributed by atoms with Gasteiger partial charge in [0.05, 0.1) is 11.8 Å². The summed E-state index contributed by atoms with van der Waals surface area (Å²) >= 11 is 0. The molecule has 0 radical (unpaired) electrons. The van der Waals surface area contributed by atoms with Crippen LogP contribution in [0.25, 0.3) is 0 Å². The maximum absolute atomic E-state index is 12.7. The predicted molar refractivity (Wildman–Crippen MR) is 75.5 cm³/mol. The molecule has 0 aromatic carbocycles. The van der Waals surface area contributed by atoms with Gasteiger partial charge in [-0.25, -0.2) is 8.42 Å². The summed E-state index contributed by atoms with van der Waals surface area (Å²) in [6.45, 7) is 3.24. The minimum Gasteiger partial charge on any atom is -0.377 e. The number of ether oxygens (including phenoxy) is 1. The fourth-order valence-corrected chi connectivity index (χ4v) is 3.84. The maximum atomic E-state index is 12.7. The second-order valence-corrected chi connectivity index (χ2v) is 6.51. The fraction of sp³-hybridized carbons (Fsp3) is 0.583. The molecule has 1 aliphatic heterocycles. The van der Waals surface area contributed by atoms with Crippen LogP contribution in [0.2, 0.25) is 0 Å². The number of hydrogen-bond donors (Lipinski definition) is 2. The van der Waals surface area contributed by atoms with Crippen LogP contribution in [-0.2, 0) is 14.8 Å². The molecule has 1 atom stereocenters. The summed E-state index contributed by atoms with van der Waals surface area (Å²) in [5.74, 6) is 5.37. The molecule has 2 heterocycles. The van der Waals surface area contributed by atoms with Crippen LogP contribution in [0.3, 0.4) is 0 Å². The minimum atomic E-state index is -3.63. The number of nitrogens with zero attached hydrogens (tertiary/aromatic N) is 2. The second-order valence-electron chi connectivity index (χ2n) is 4.61. The molecule has 1 aliphatic rings. The van der Waals surface area contributed by atoms with Crippen LogP contribution in [0, 0.1) is 0 Å². The van der Waals surface area contributed by atoms with Gasteiger partial charge >= 0.3 is 0 Å². The summed E-state index contributed by atoms with van der Waals surface area (Å²) in [6, 6.07) is 1.53. The third-order valence-electron chi connectivity index (χ3n) is 3.34. The van der Waals surface area contributed by atoms with Gasteiger partial charge in [0.1, 0.15) is 4.90 Å². The van der Waals surface area contributed by atoms with Gasteiger partial charge in [0.15, 0.2) is 0 Å². The number of hydrogen-bond acceptors (Lipinski definition) is 6. The monoisotopic (exact) mass is 300 g/mol. The molecule has 7 nitrogen and oxygen atoms in total. The van der Waals surface area contributed by atoms with Crippen molar-refractivity contribution >= 4 is 15.7 Å². The van der Waals surface area contributed by atoms with Crippen molar-refractivity contribution in [2.24, 2.45) is 5.84 Å². The standard InChI is InChI=1S/C12H20N4O3S/c1-2-16(9-10-4-3-7-19-10)20(17,18)12-8-14-6-5-11(12)15-13/h5-6,8,10H,2-4,7,9,13H2,1H3,(H,14,15). The molecule has 112 valence electrons. The first-order valence-electron chi connectivity index (χ1n) is 6.62. The highest BCUT2D eigenvalue weighted by Crippen LogP contribution is 2.24. The van der Waals surface area contributed by atoms with Gasteiger partial charge in [0.2, 0.25) is 10.0 Å². The van der Waals surface area contributed by atoms with Gasteiger partial charge in [0, 0.05) is 32.1 Å². The summed E-state index contributed by atoms with van der Waals surface area (Å²) in [6.07, 6.45) is 4.63. The molecule has 3 N–H and O–H groups in total. The molecule has 0 bridgehead atoms. The summed E-state index contributed by atoms with van der Waals surface area (Å²) in [4.78, 5) is 3.96. The van der Waals surface area contributed by atoms with E-state index in [4.69, 9.17) is 10.6 Å². The van der Waals surface area contributed by atoms with E-state index in [1.54, 1.807) is 6.92 Å². The number of hydrazine groups is 1. The lowest BCUT2D eigenvalue weighted by molar-refractivity contribution is 0.0947. The Kier molecular flexibility index (Phi) is 4.92. The van der Waals surface area contributed by atoms with Crippen molar-refractivity contribution in [2.75, 3.05) is 25.1 Å². The van der Waals surface area contributed by atoms with Crippen molar-refractivity contribution in [3.05, 3.63) is 18.5 Å². The lowest BCUT2D eigenvalue weighted by Gasteiger charge is -2.24. The van der Waals surface area contributed by atoms with E-state index in [0.717, 1.165) is 12.8 Å². The SMILES string of the molecule is CCN(CC1CCCO1)S(=O)(=O)c1cnccc1NN. The third-order valence-corrected chi connectivity index (χ3v) is 5.31. The molecule has 8 heteroatoms. The van der Waals surface area contributed by atoms with E-state index in [1.807, 2.05) is 0 Å². The molecular formula is C12H20N4O3S. The molecule has 20 heavy (non-hydrogen) atoms. The van der Waals surface area contributed by atoms with E-state index in [1.165, 1.54) is 22.8 Å². The number of nitrogens with one attached hydrogen (secondary N) is 1. The van der Waals surface area contributed by atoms with Crippen LogP contribution >= 0.6 is 0 Å². The molecule has 1 aromatic heterocycles. The van der Waals surface area contributed by atoms with Crippen molar-refractivity contribution in [2.45, 2.75) is 30.8 Å². The Hall–Kier alpha value is -1.22. The zero-order chi connectivity index (χ0) is 14.6. The molecular weight excluding hydrogens is 280 g/mol. The number of nitrogen functional groups attached to an aromatic ring is 1. The van der Waals surface area contributed by atoms with Crippen LogP contribution in [0.15, 0.2) is 23.4 Å². The van der Waals surface area contributed by atoms with Gasteiger partial charge in [-0.1, -0.05) is 6.92 Å². The van der Waals surface area contributed by atoms with Gasteiger partial charge in [-0.2, -0.15) is 4.31 Å². The topological polar surface area (TPSA) is 97.5 Å². The van der Waals surface area contributed by atoms with Crippen LogP contribution in [0.5, 0.6) is 0 Å². The molecule has 1 aromatic rings. The van der Waals surface area contributed by atoms with Crippen molar-refractivity contribution in [1.29, 1.82) is 0 Å². The van der Waals surface area contributed by atoms with Gasteiger partial charge in [-0.05, 0) is 18.9 Å². The fourth-order valence-electron chi connectivity index (χ4n) is 2.26. The molecule has 0 saturated carbocycles. The zero-order valence-corrected chi connectivity index (χ0v) is 12.3. The molecule has 0 spiro atoms. The van der Waals surface area contributed by atoms with Crippen molar-refractivity contribution in [3.63, 3.8) is 0 Å². The number of rotatable bonds is 6. The molecule has 0 aliphatic carbocycles. The Bertz CT molecular complexity index is 543. The molecule has 0 amide bonds. The quantitative estimate of drug-likeness (QED) is 0.588. The van der Waals surface area contributed by atoms with E-state index >= 15 is 0 Å². The van der Waals surface area contributed by atoms with E-state index in [2.05, 4.69) is 10.4 Å². The predicted octanol–water partition coefficient (Wildman–Crippen LogP) is 0.557. The number of anilines is 1. The smallest absolute Gasteiger partial charge is 0.246 e. The Morgan fingerprint density at radius 2 is 2.40 bits per heavy atom. The van der Waals surface area contributed by atoms with E-state index in [-0.39, 0.29) is 11.0 Å². The highest BCUT2D eigenvalue weighted by Gasteiger charge is 2.29. The molecule has 2 rings (SSSR count). The molecule has 1 unspecified atom stereocenters. The Balaban J connectivity index is 2.26.